The Morgan fingerprint density at radius 3 is 2.66 bits per heavy atom. The minimum Gasteiger partial charge on any atom is -0.375 e. The third-order valence-corrected chi connectivity index (χ3v) is 6.21. The molecule has 0 radical (unpaired) electrons. The molecular weight excluding hydrogens is 408 g/mol. The smallest absolute Gasteiger partial charge is 0.313 e. The summed E-state index contributed by atoms with van der Waals surface area (Å²) < 4.78 is 0. The fraction of sp³-hybridized carbons (Fsp3) is 0.565. The van der Waals surface area contributed by atoms with Gasteiger partial charge in [-0.05, 0) is 55.7 Å². The molecule has 0 saturated carbocycles. The van der Waals surface area contributed by atoms with Crippen LogP contribution in [0.2, 0.25) is 0 Å². The van der Waals surface area contributed by atoms with Crippen LogP contribution in [0.3, 0.4) is 0 Å². The Labute approximate surface area is 189 Å². The average Bonchev–Trinajstić information content (AvgIpc) is 3.21. The standard InChI is InChI=1S/C23H34N6O3/c1-15-7-8-16(20(24)21(25)31)17(12-15)26-13-19(30)29-11-4-6-18(29)22(32)27-28-10-5-9-23(2,3)14-28/h7-8,12,18,24,26H,4-6,9-11,13-14H2,1-3H3,(H2,25,31)(H,27,32)/p+1/t18-/m0/s1. The van der Waals surface area contributed by atoms with Crippen LogP contribution in [0.25, 0.3) is 0 Å². The molecule has 0 aliphatic carbocycles. The molecule has 9 nitrogen and oxygen atoms in total. The maximum atomic E-state index is 13.0. The normalized spacial score (nSPS) is 20.6. The molecule has 9 heteroatoms. The summed E-state index contributed by atoms with van der Waals surface area (Å²) in [5.41, 5.74) is 10.4. The molecule has 1 aromatic rings. The number of rotatable bonds is 7. The Morgan fingerprint density at radius 1 is 1.22 bits per heavy atom. The van der Waals surface area contributed by atoms with E-state index in [1.165, 1.54) is 0 Å². The summed E-state index contributed by atoms with van der Waals surface area (Å²) in [4.78, 5) is 39.1. The number of nitrogens with two attached hydrogens (primary N) is 2. The number of anilines is 1. The summed E-state index contributed by atoms with van der Waals surface area (Å²) in [7, 11) is 0. The fourth-order valence-corrected chi connectivity index (χ4v) is 4.53. The minimum atomic E-state index is -0.722. The molecule has 2 heterocycles. The van der Waals surface area contributed by atoms with Crippen LogP contribution in [0.15, 0.2) is 18.2 Å². The van der Waals surface area contributed by atoms with Crippen molar-refractivity contribution in [3.63, 3.8) is 0 Å². The van der Waals surface area contributed by atoms with Gasteiger partial charge in [0, 0.05) is 25.3 Å². The van der Waals surface area contributed by atoms with Gasteiger partial charge in [0.05, 0.1) is 12.1 Å². The zero-order chi connectivity index (χ0) is 23.5. The lowest BCUT2D eigenvalue weighted by atomic mass is 9.85. The van der Waals surface area contributed by atoms with Crippen molar-refractivity contribution in [3.8, 4) is 0 Å². The lowest BCUT2D eigenvalue weighted by Gasteiger charge is -2.38. The van der Waals surface area contributed by atoms with E-state index >= 15 is 0 Å². The molecule has 2 aliphatic rings. The third kappa shape index (κ3) is 5.64. The summed E-state index contributed by atoms with van der Waals surface area (Å²) in [5.74, 6) is -1.02. The van der Waals surface area contributed by atoms with Gasteiger partial charge in [-0.2, -0.15) is 0 Å². The van der Waals surface area contributed by atoms with Crippen LogP contribution in [-0.2, 0) is 14.4 Å². The van der Waals surface area contributed by atoms with Crippen LogP contribution in [0.4, 0.5) is 5.69 Å². The Morgan fingerprint density at radius 2 is 1.97 bits per heavy atom. The second-order valence-corrected chi connectivity index (χ2v) is 9.59. The number of nitrogens with zero attached hydrogens (tertiary/aromatic N) is 2. The fourth-order valence-electron chi connectivity index (χ4n) is 4.53. The number of carbonyl (C=O) groups is 3. The maximum Gasteiger partial charge on any atom is 0.313 e. The van der Waals surface area contributed by atoms with E-state index in [4.69, 9.17) is 11.1 Å². The highest BCUT2D eigenvalue weighted by Gasteiger charge is 2.36. The predicted molar refractivity (Wildman–Crippen MR) is 122 cm³/mol. The van der Waals surface area contributed by atoms with Crippen LogP contribution >= 0.6 is 0 Å². The number of amides is 3. The number of hydrazine groups is 1. The van der Waals surface area contributed by atoms with E-state index in [9.17, 15) is 14.4 Å². The molecule has 0 unspecified atom stereocenters. The number of hydrogen-bond donors (Lipinski definition) is 4. The maximum absolute atomic E-state index is 13.0. The Kier molecular flexibility index (Phi) is 7.18. The van der Waals surface area contributed by atoms with Gasteiger partial charge in [-0.15, -0.1) is 0 Å². The third-order valence-electron chi connectivity index (χ3n) is 6.21. The van der Waals surface area contributed by atoms with Crippen molar-refractivity contribution in [3.05, 3.63) is 29.3 Å². The number of aryl methyl sites for hydroxylation is 1. The SMILES string of the molecule is Cc1ccc(C(=[NH2+])C(N)=O)c(NCC(=O)N2CCC[C@H]2C(=O)NN2CCCC(C)(C)C2)c1. The number of benzene rings is 1. The molecule has 32 heavy (non-hydrogen) atoms. The summed E-state index contributed by atoms with van der Waals surface area (Å²) in [6, 6.07) is 4.86. The van der Waals surface area contributed by atoms with Gasteiger partial charge in [0.15, 0.2) is 0 Å². The highest BCUT2D eigenvalue weighted by molar-refractivity contribution is 6.43. The summed E-state index contributed by atoms with van der Waals surface area (Å²) in [6.45, 7) is 8.46. The van der Waals surface area contributed by atoms with Crippen LogP contribution in [0.5, 0.6) is 0 Å². The van der Waals surface area contributed by atoms with Crippen LogP contribution in [0.1, 0.15) is 50.7 Å². The van der Waals surface area contributed by atoms with Gasteiger partial charge in [0.1, 0.15) is 6.04 Å². The highest BCUT2D eigenvalue weighted by atomic mass is 16.2. The summed E-state index contributed by atoms with van der Waals surface area (Å²) >= 11 is 0. The number of likely N-dealkylation sites (tertiary alicyclic amines) is 1. The van der Waals surface area contributed by atoms with Crippen molar-refractivity contribution < 1.29 is 19.8 Å². The molecule has 2 fully saturated rings. The number of hydrogen-bond acceptors (Lipinski definition) is 5. The van der Waals surface area contributed by atoms with Gasteiger partial charge >= 0.3 is 5.91 Å². The zero-order valence-electron chi connectivity index (χ0n) is 19.2. The Hall–Kier alpha value is -2.94. The molecular formula is C23H35N6O3+. The first-order chi connectivity index (χ1) is 15.1. The number of piperidine rings is 1. The first-order valence-electron chi connectivity index (χ1n) is 11.2. The van der Waals surface area contributed by atoms with Crippen molar-refractivity contribution in [2.24, 2.45) is 11.1 Å². The van der Waals surface area contributed by atoms with Crippen LogP contribution in [0, 0.1) is 12.3 Å². The van der Waals surface area contributed by atoms with E-state index in [0.717, 1.165) is 37.9 Å². The number of carbonyl (C=O) groups excluding carboxylic acids is 3. The summed E-state index contributed by atoms with van der Waals surface area (Å²) in [6.07, 6.45) is 3.60. The average molecular weight is 444 g/mol. The topological polar surface area (TPSA) is 133 Å². The molecule has 0 aromatic heterocycles. The lowest BCUT2D eigenvalue weighted by molar-refractivity contribution is -0.140. The van der Waals surface area contributed by atoms with Gasteiger partial charge in [-0.25, -0.2) is 10.4 Å². The Balaban J connectivity index is 1.63. The van der Waals surface area contributed by atoms with Gasteiger partial charge < -0.3 is 16.0 Å². The molecule has 1 atom stereocenters. The predicted octanol–water partition coefficient (Wildman–Crippen LogP) is -0.415. The summed E-state index contributed by atoms with van der Waals surface area (Å²) in [5, 5.41) is 10.9. The van der Waals surface area contributed by atoms with Crippen LogP contribution in [-0.4, -0.2) is 65.6 Å². The van der Waals surface area contributed by atoms with Crippen molar-refractivity contribution >= 4 is 29.1 Å². The van der Waals surface area contributed by atoms with Gasteiger partial charge in [0.25, 0.3) is 11.6 Å². The molecule has 174 valence electrons. The molecule has 2 saturated heterocycles. The number of nitrogens with one attached hydrogen (secondary N) is 2. The van der Waals surface area contributed by atoms with Gasteiger partial charge in [0.2, 0.25) is 5.91 Å². The number of primary amides is 1. The van der Waals surface area contributed by atoms with E-state index < -0.39 is 11.9 Å². The van der Waals surface area contributed by atoms with Gasteiger partial charge in [-0.1, -0.05) is 19.9 Å². The Bertz CT molecular complexity index is 913. The van der Waals surface area contributed by atoms with E-state index in [0.29, 0.717) is 24.2 Å². The zero-order valence-corrected chi connectivity index (χ0v) is 19.2. The van der Waals surface area contributed by atoms with E-state index in [1.54, 1.807) is 11.0 Å². The van der Waals surface area contributed by atoms with Crippen LogP contribution < -0.4 is 21.9 Å². The molecule has 1 aromatic carbocycles. The molecule has 3 amide bonds. The van der Waals surface area contributed by atoms with Gasteiger partial charge in [-0.3, -0.25) is 19.8 Å². The molecule has 2 aliphatic heterocycles. The second kappa shape index (κ2) is 9.68. The van der Waals surface area contributed by atoms with E-state index in [2.05, 4.69) is 24.6 Å². The second-order valence-electron chi connectivity index (χ2n) is 9.59. The first kappa shape index (κ1) is 23.7. The van der Waals surface area contributed by atoms with E-state index in [1.807, 2.05) is 24.1 Å². The van der Waals surface area contributed by atoms with Crippen molar-refractivity contribution in [2.45, 2.75) is 52.5 Å². The monoisotopic (exact) mass is 443 g/mol. The molecule has 0 bridgehead atoms. The quantitative estimate of drug-likeness (QED) is 0.425. The lowest BCUT2D eigenvalue weighted by Crippen LogP contribution is -2.55. The van der Waals surface area contributed by atoms with Crippen molar-refractivity contribution in [1.82, 2.24) is 15.3 Å². The van der Waals surface area contributed by atoms with Crippen molar-refractivity contribution in [2.75, 3.05) is 31.5 Å². The van der Waals surface area contributed by atoms with Crippen molar-refractivity contribution in [1.29, 1.82) is 0 Å². The molecule has 3 rings (SSSR count). The molecule has 0 spiro atoms. The minimum absolute atomic E-state index is 0.0109. The largest absolute Gasteiger partial charge is 0.375 e. The van der Waals surface area contributed by atoms with E-state index in [-0.39, 0.29) is 29.5 Å². The highest BCUT2D eigenvalue weighted by Crippen LogP contribution is 2.27. The first-order valence-corrected chi connectivity index (χ1v) is 11.2. The molecule has 6 N–H and O–H groups in total.